The minimum atomic E-state index is 0.00592. The van der Waals surface area contributed by atoms with Gasteiger partial charge < -0.3 is 4.98 Å². The molecule has 2 rings (SSSR count). The van der Waals surface area contributed by atoms with Gasteiger partial charge in [0, 0.05) is 17.6 Å². The lowest BCUT2D eigenvalue weighted by Gasteiger charge is -2.20. The highest BCUT2D eigenvalue weighted by Gasteiger charge is 2.10. The predicted molar refractivity (Wildman–Crippen MR) is 75.9 cm³/mol. The van der Waals surface area contributed by atoms with Gasteiger partial charge in [0.15, 0.2) is 0 Å². The molecule has 18 heavy (non-hydrogen) atoms. The van der Waals surface area contributed by atoms with Crippen LogP contribution in [0.4, 0.5) is 0 Å². The number of hydrogen-bond acceptors (Lipinski definition) is 2. The Labute approximate surface area is 107 Å². The number of benzene rings is 1. The fourth-order valence-corrected chi connectivity index (χ4v) is 2.33. The van der Waals surface area contributed by atoms with Crippen LogP contribution >= 0.6 is 0 Å². The summed E-state index contributed by atoms with van der Waals surface area (Å²) in [6.45, 7) is 9.22. The summed E-state index contributed by atoms with van der Waals surface area (Å²) in [6, 6.07) is 7.83. The van der Waals surface area contributed by atoms with E-state index in [2.05, 4.69) is 23.7 Å². The third-order valence-corrected chi connectivity index (χ3v) is 3.53. The molecule has 0 aliphatic heterocycles. The number of H-pyrrole nitrogens is 1. The molecule has 0 spiro atoms. The summed E-state index contributed by atoms with van der Waals surface area (Å²) in [5.41, 5.74) is 2.21. The molecular weight excluding hydrogens is 224 g/mol. The Hall–Kier alpha value is -1.61. The molecule has 0 unspecified atom stereocenters. The molecule has 1 N–H and O–H groups in total. The molecule has 0 saturated heterocycles. The molecule has 1 aromatic carbocycles. The first-order valence-electron chi connectivity index (χ1n) is 6.50. The van der Waals surface area contributed by atoms with Crippen LogP contribution < -0.4 is 5.56 Å². The van der Waals surface area contributed by atoms with Crippen LogP contribution in [0, 0.1) is 6.92 Å². The quantitative estimate of drug-likeness (QED) is 0.897. The minimum absolute atomic E-state index is 0.00592. The van der Waals surface area contributed by atoms with E-state index >= 15 is 0 Å². The van der Waals surface area contributed by atoms with Gasteiger partial charge in [0.05, 0.1) is 0 Å². The van der Waals surface area contributed by atoms with Gasteiger partial charge in [-0.05, 0) is 37.0 Å². The van der Waals surface area contributed by atoms with Crippen molar-refractivity contribution in [2.45, 2.75) is 27.3 Å². The van der Waals surface area contributed by atoms with Crippen LogP contribution in [0.2, 0.25) is 0 Å². The van der Waals surface area contributed by atoms with Crippen molar-refractivity contribution < 1.29 is 0 Å². The molecule has 1 heterocycles. The molecule has 0 aliphatic rings. The molecule has 0 atom stereocenters. The summed E-state index contributed by atoms with van der Waals surface area (Å²) in [5, 5.41) is 1.86. The Bertz CT molecular complexity index is 597. The number of pyridine rings is 1. The van der Waals surface area contributed by atoms with Crippen molar-refractivity contribution in [3.8, 4) is 0 Å². The molecule has 0 fully saturated rings. The summed E-state index contributed by atoms with van der Waals surface area (Å²) >= 11 is 0. The number of hydrogen-bond donors (Lipinski definition) is 1. The number of nitrogens with zero attached hydrogens (tertiary/aromatic N) is 1. The fraction of sp³-hybridized carbons (Fsp3) is 0.400. The van der Waals surface area contributed by atoms with Crippen LogP contribution in [0.3, 0.4) is 0 Å². The van der Waals surface area contributed by atoms with Crippen molar-refractivity contribution in [3.63, 3.8) is 0 Å². The van der Waals surface area contributed by atoms with E-state index in [1.165, 1.54) is 5.56 Å². The lowest BCUT2D eigenvalue weighted by Crippen LogP contribution is -2.24. The number of fused-ring (bicyclic) bond motifs is 1. The lowest BCUT2D eigenvalue weighted by molar-refractivity contribution is 0.296. The number of rotatable bonds is 4. The van der Waals surface area contributed by atoms with Gasteiger partial charge in [-0.1, -0.05) is 32.0 Å². The van der Waals surface area contributed by atoms with Crippen molar-refractivity contribution in [2.24, 2.45) is 0 Å². The monoisotopic (exact) mass is 244 g/mol. The maximum atomic E-state index is 11.9. The summed E-state index contributed by atoms with van der Waals surface area (Å²) in [5.74, 6) is 0. The zero-order valence-electron chi connectivity index (χ0n) is 11.3. The molecule has 3 heteroatoms. The van der Waals surface area contributed by atoms with Gasteiger partial charge in [-0.2, -0.15) is 0 Å². The Morgan fingerprint density at radius 2 is 1.72 bits per heavy atom. The molecule has 0 amide bonds. The molecule has 0 aliphatic carbocycles. The maximum Gasteiger partial charge on any atom is 0.256 e. The van der Waals surface area contributed by atoms with Crippen molar-refractivity contribution in [2.75, 3.05) is 13.1 Å². The van der Waals surface area contributed by atoms with Gasteiger partial charge in [0.1, 0.15) is 0 Å². The molecule has 3 nitrogen and oxygen atoms in total. The average molecular weight is 244 g/mol. The zero-order valence-corrected chi connectivity index (χ0v) is 11.3. The van der Waals surface area contributed by atoms with E-state index in [0.717, 1.165) is 36.1 Å². The van der Waals surface area contributed by atoms with Crippen molar-refractivity contribution in [1.82, 2.24) is 9.88 Å². The van der Waals surface area contributed by atoms with Crippen LogP contribution in [0.1, 0.15) is 25.1 Å². The van der Waals surface area contributed by atoms with Crippen molar-refractivity contribution in [1.29, 1.82) is 0 Å². The van der Waals surface area contributed by atoms with E-state index in [1.807, 2.05) is 31.2 Å². The highest BCUT2D eigenvalue weighted by Crippen LogP contribution is 2.19. The first kappa shape index (κ1) is 12.8. The van der Waals surface area contributed by atoms with E-state index in [0.29, 0.717) is 0 Å². The van der Waals surface area contributed by atoms with E-state index in [-0.39, 0.29) is 5.56 Å². The van der Waals surface area contributed by atoms with Crippen LogP contribution in [-0.4, -0.2) is 23.0 Å². The Morgan fingerprint density at radius 3 is 2.33 bits per heavy atom. The second-order valence-corrected chi connectivity index (χ2v) is 4.56. The van der Waals surface area contributed by atoms with E-state index < -0.39 is 0 Å². The maximum absolute atomic E-state index is 11.9. The highest BCUT2D eigenvalue weighted by atomic mass is 16.1. The van der Waals surface area contributed by atoms with Crippen molar-refractivity contribution in [3.05, 3.63) is 45.9 Å². The van der Waals surface area contributed by atoms with E-state index in [1.54, 1.807) is 0 Å². The SMILES string of the molecule is CCN(CC)Cc1c(C)[nH]c(=O)c2ccccc12. The first-order chi connectivity index (χ1) is 8.67. The third kappa shape index (κ3) is 2.31. The summed E-state index contributed by atoms with van der Waals surface area (Å²) in [7, 11) is 0. The smallest absolute Gasteiger partial charge is 0.256 e. The zero-order chi connectivity index (χ0) is 13.1. The molecule has 2 aromatic rings. The molecule has 0 radical (unpaired) electrons. The predicted octanol–water partition coefficient (Wildman–Crippen LogP) is 2.68. The van der Waals surface area contributed by atoms with Gasteiger partial charge in [-0.25, -0.2) is 0 Å². The Balaban J connectivity index is 2.59. The lowest BCUT2D eigenvalue weighted by atomic mass is 10.0. The molecular formula is C15H20N2O. The summed E-state index contributed by atoms with van der Waals surface area (Å²) in [6.07, 6.45) is 0. The minimum Gasteiger partial charge on any atom is -0.326 e. The van der Waals surface area contributed by atoms with Gasteiger partial charge in [-0.15, -0.1) is 0 Å². The Kier molecular flexibility index (Phi) is 3.82. The molecule has 1 aromatic heterocycles. The van der Waals surface area contributed by atoms with Crippen LogP contribution in [-0.2, 0) is 6.54 Å². The largest absolute Gasteiger partial charge is 0.326 e. The van der Waals surface area contributed by atoms with Gasteiger partial charge in [0.2, 0.25) is 0 Å². The molecule has 96 valence electrons. The molecule has 0 saturated carbocycles. The molecule has 0 bridgehead atoms. The number of aryl methyl sites for hydroxylation is 1. The van der Waals surface area contributed by atoms with E-state index in [9.17, 15) is 4.79 Å². The first-order valence-corrected chi connectivity index (χ1v) is 6.50. The van der Waals surface area contributed by atoms with Crippen LogP contribution in [0.5, 0.6) is 0 Å². The van der Waals surface area contributed by atoms with Gasteiger partial charge >= 0.3 is 0 Å². The normalized spacial score (nSPS) is 11.3. The number of aromatic amines is 1. The average Bonchev–Trinajstić information content (AvgIpc) is 2.39. The van der Waals surface area contributed by atoms with E-state index in [4.69, 9.17) is 0 Å². The van der Waals surface area contributed by atoms with Crippen LogP contribution in [0.15, 0.2) is 29.1 Å². The fourth-order valence-electron chi connectivity index (χ4n) is 2.33. The summed E-state index contributed by atoms with van der Waals surface area (Å²) in [4.78, 5) is 17.2. The standard InChI is InChI=1S/C15H20N2O/c1-4-17(5-2)10-14-11(3)16-15(18)13-9-7-6-8-12(13)14/h6-9H,4-5,10H2,1-3H3,(H,16,18). The van der Waals surface area contributed by atoms with Crippen molar-refractivity contribution >= 4 is 10.8 Å². The number of aromatic nitrogens is 1. The number of nitrogens with one attached hydrogen (secondary N) is 1. The van der Waals surface area contributed by atoms with Gasteiger partial charge in [-0.3, -0.25) is 9.69 Å². The second kappa shape index (κ2) is 5.36. The third-order valence-electron chi connectivity index (χ3n) is 3.53. The Morgan fingerprint density at radius 1 is 1.11 bits per heavy atom. The van der Waals surface area contributed by atoms with Crippen LogP contribution in [0.25, 0.3) is 10.8 Å². The topological polar surface area (TPSA) is 36.1 Å². The highest BCUT2D eigenvalue weighted by molar-refractivity contribution is 5.85. The second-order valence-electron chi connectivity index (χ2n) is 4.56. The van der Waals surface area contributed by atoms with Gasteiger partial charge in [0.25, 0.3) is 5.56 Å². The summed E-state index contributed by atoms with van der Waals surface area (Å²) < 4.78 is 0.